The predicted octanol–water partition coefficient (Wildman–Crippen LogP) is 4.42. The summed E-state index contributed by atoms with van der Waals surface area (Å²) in [5.74, 6) is 1.54. The van der Waals surface area contributed by atoms with Crippen LogP contribution in [0.15, 0.2) is 42.5 Å². The lowest BCUT2D eigenvalue weighted by Crippen LogP contribution is -2.13. The van der Waals surface area contributed by atoms with Gasteiger partial charge in [0.2, 0.25) is 0 Å². The molecule has 0 aliphatic heterocycles. The number of nitrogens with zero attached hydrogens (tertiary/aromatic N) is 1. The van der Waals surface area contributed by atoms with E-state index in [1.165, 1.54) is 5.56 Å². The summed E-state index contributed by atoms with van der Waals surface area (Å²) in [4.78, 5) is 2.20. The number of aryl methyl sites for hydroxylation is 1. The summed E-state index contributed by atoms with van der Waals surface area (Å²) in [6.07, 6.45) is 2.16. The summed E-state index contributed by atoms with van der Waals surface area (Å²) in [7, 11) is 5.86. The molecule has 4 heteroatoms. The average molecular weight is 334 g/mol. The number of methoxy groups -OCH3 is 1. The zero-order valence-electron chi connectivity index (χ0n) is 14.0. The van der Waals surface area contributed by atoms with E-state index in [9.17, 15) is 0 Å². The van der Waals surface area contributed by atoms with Gasteiger partial charge in [0, 0.05) is 5.02 Å². The van der Waals surface area contributed by atoms with E-state index < -0.39 is 0 Å². The maximum absolute atomic E-state index is 5.89. The number of rotatable bonds is 8. The molecule has 0 amide bonds. The highest BCUT2D eigenvalue weighted by molar-refractivity contribution is 6.30. The minimum absolute atomic E-state index is 0.494. The van der Waals surface area contributed by atoms with Crippen LogP contribution in [0, 0.1) is 0 Å². The topological polar surface area (TPSA) is 21.7 Å². The van der Waals surface area contributed by atoms with Gasteiger partial charge >= 0.3 is 0 Å². The van der Waals surface area contributed by atoms with E-state index >= 15 is 0 Å². The van der Waals surface area contributed by atoms with E-state index in [4.69, 9.17) is 21.1 Å². The van der Waals surface area contributed by atoms with Gasteiger partial charge < -0.3 is 14.4 Å². The molecule has 0 aromatic heterocycles. The Balaban J connectivity index is 1.97. The van der Waals surface area contributed by atoms with Crippen molar-refractivity contribution in [1.82, 2.24) is 4.90 Å². The molecule has 0 saturated carbocycles. The SMILES string of the molecule is COc1cc(CCCN(C)C)ccc1OCc1ccc(Cl)cc1. The van der Waals surface area contributed by atoms with Crippen LogP contribution in [0.4, 0.5) is 0 Å². The maximum Gasteiger partial charge on any atom is 0.161 e. The normalized spacial score (nSPS) is 10.8. The molecule has 0 spiro atoms. The van der Waals surface area contributed by atoms with E-state index in [-0.39, 0.29) is 0 Å². The van der Waals surface area contributed by atoms with Gasteiger partial charge in [0.15, 0.2) is 11.5 Å². The summed E-state index contributed by atoms with van der Waals surface area (Å²) >= 11 is 5.89. The highest BCUT2D eigenvalue weighted by Crippen LogP contribution is 2.29. The van der Waals surface area contributed by atoms with Crippen LogP contribution >= 0.6 is 11.6 Å². The van der Waals surface area contributed by atoms with Crippen molar-refractivity contribution in [3.8, 4) is 11.5 Å². The first-order chi connectivity index (χ1) is 11.1. The first-order valence-corrected chi connectivity index (χ1v) is 8.15. The first-order valence-electron chi connectivity index (χ1n) is 7.77. The van der Waals surface area contributed by atoms with Crippen molar-refractivity contribution >= 4 is 11.6 Å². The fourth-order valence-electron chi connectivity index (χ4n) is 2.33. The lowest BCUT2D eigenvalue weighted by atomic mass is 10.1. The number of hydrogen-bond donors (Lipinski definition) is 0. The average Bonchev–Trinajstić information content (AvgIpc) is 2.54. The summed E-state index contributed by atoms with van der Waals surface area (Å²) in [6.45, 7) is 1.57. The van der Waals surface area contributed by atoms with Crippen LogP contribution in [0.5, 0.6) is 11.5 Å². The molecule has 0 heterocycles. The predicted molar refractivity (Wildman–Crippen MR) is 95.7 cm³/mol. The van der Waals surface area contributed by atoms with Crippen LogP contribution < -0.4 is 9.47 Å². The third kappa shape index (κ3) is 5.77. The van der Waals surface area contributed by atoms with Gasteiger partial charge in [-0.1, -0.05) is 29.8 Å². The monoisotopic (exact) mass is 333 g/mol. The molecule has 2 rings (SSSR count). The molecule has 0 unspecified atom stereocenters. The molecule has 2 aromatic carbocycles. The van der Waals surface area contributed by atoms with Gasteiger partial charge in [-0.3, -0.25) is 0 Å². The van der Waals surface area contributed by atoms with Crippen molar-refractivity contribution in [2.45, 2.75) is 19.4 Å². The minimum Gasteiger partial charge on any atom is -0.493 e. The van der Waals surface area contributed by atoms with Gasteiger partial charge in [-0.25, -0.2) is 0 Å². The van der Waals surface area contributed by atoms with Gasteiger partial charge in [0.25, 0.3) is 0 Å². The van der Waals surface area contributed by atoms with Gasteiger partial charge in [0.05, 0.1) is 7.11 Å². The van der Waals surface area contributed by atoms with Crippen LogP contribution in [0.25, 0.3) is 0 Å². The van der Waals surface area contributed by atoms with Crippen molar-refractivity contribution in [2.24, 2.45) is 0 Å². The molecule has 0 N–H and O–H groups in total. The van der Waals surface area contributed by atoms with Crippen molar-refractivity contribution < 1.29 is 9.47 Å². The molecule has 0 aliphatic carbocycles. The fourth-order valence-corrected chi connectivity index (χ4v) is 2.45. The van der Waals surface area contributed by atoms with Crippen molar-refractivity contribution in [3.05, 3.63) is 58.6 Å². The molecule has 3 nitrogen and oxygen atoms in total. The molecule has 2 aromatic rings. The Kier molecular flexibility index (Phi) is 6.75. The Morgan fingerprint density at radius 3 is 2.30 bits per heavy atom. The maximum atomic E-state index is 5.89. The molecule has 0 saturated heterocycles. The zero-order valence-corrected chi connectivity index (χ0v) is 14.8. The van der Waals surface area contributed by atoms with E-state index in [0.29, 0.717) is 6.61 Å². The van der Waals surface area contributed by atoms with Crippen LogP contribution in [-0.2, 0) is 13.0 Å². The van der Waals surface area contributed by atoms with Gasteiger partial charge in [-0.15, -0.1) is 0 Å². The minimum atomic E-state index is 0.494. The number of ether oxygens (including phenoxy) is 2. The Bertz CT molecular complexity index is 611. The first kappa shape index (κ1) is 17.6. The van der Waals surface area contributed by atoms with E-state index in [2.05, 4.69) is 31.1 Å². The lowest BCUT2D eigenvalue weighted by molar-refractivity contribution is 0.284. The van der Waals surface area contributed by atoms with E-state index in [1.54, 1.807) is 7.11 Å². The number of benzene rings is 2. The van der Waals surface area contributed by atoms with E-state index in [1.807, 2.05) is 30.3 Å². The molecule has 0 aliphatic rings. The third-order valence-electron chi connectivity index (χ3n) is 3.61. The Hall–Kier alpha value is -1.71. The molecular formula is C19H24ClNO2. The molecule has 0 bridgehead atoms. The van der Waals surface area contributed by atoms with Gasteiger partial charge in [0.1, 0.15) is 6.61 Å². The summed E-state index contributed by atoms with van der Waals surface area (Å²) in [5, 5.41) is 0.730. The second-order valence-electron chi connectivity index (χ2n) is 5.81. The van der Waals surface area contributed by atoms with Gasteiger partial charge in [-0.05, 0) is 68.9 Å². The quantitative estimate of drug-likeness (QED) is 0.713. The van der Waals surface area contributed by atoms with Crippen LogP contribution in [0.2, 0.25) is 5.02 Å². The third-order valence-corrected chi connectivity index (χ3v) is 3.86. The smallest absolute Gasteiger partial charge is 0.161 e. The molecular weight excluding hydrogens is 310 g/mol. The summed E-state index contributed by atoms with van der Waals surface area (Å²) in [6, 6.07) is 13.8. The largest absolute Gasteiger partial charge is 0.493 e. The van der Waals surface area contributed by atoms with Crippen LogP contribution in [0.3, 0.4) is 0 Å². The summed E-state index contributed by atoms with van der Waals surface area (Å²) in [5.41, 5.74) is 2.34. The fraction of sp³-hybridized carbons (Fsp3) is 0.368. The second kappa shape index (κ2) is 8.80. The Morgan fingerprint density at radius 1 is 0.957 bits per heavy atom. The molecule has 0 radical (unpaired) electrons. The highest BCUT2D eigenvalue weighted by atomic mass is 35.5. The number of halogens is 1. The zero-order chi connectivity index (χ0) is 16.7. The molecule has 0 atom stereocenters. The lowest BCUT2D eigenvalue weighted by Gasteiger charge is -2.13. The van der Waals surface area contributed by atoms with Crippen LogP contribution in [-0.4, -0.2) is 32.6 Å². The Labute approximate surface area is 143 Å². The second-order valence-corrected chi connectivity index (χ2v) is 6.24. The van der Waals surface area contributed by atoms with Gasteiger partial charge in [-0.2, -0.15) is 0 Å². The summed E-state index contributed by atoms with van der Waals surface area (Å²) < 4.78 is 11.3. The molecule has 0 fully saturated rings. The standard InChI is InChI=1S/C19H24ClNO2/c1-21(2)12-4-5-15-8-11-18(19(13-15)22-3)23-14-16-6-9-17(20)10-7-16/h6-11,13H,4-5,12,14H2,1-3H3. The number of hydrogen-bond acceptors (Lipinski definition) is 3. The molecule has 23 heavy (non-hydrogen) atoms. The molecule has 124 valence electrons. The van der Waals surface area contributed by atoms with Crippen LogP contribution in [0.1, 0.15) is 17.5 Å². The van der Waals surface area contributed by atoms with Crippen molar-refractivity contribution in [1.29, 1.82) is 0 Å². The Morgan fingerprint density at radius 2 is 1.65 bits per heavy atom. The highest BCUT2D eigenvalue weighted by Gasteiger charge is 2.06. The van der Waals surface area contributed by atoms with Crippen molar-refractivity contribution in [2.75, 3.05) is 27.7 Å². The van der Waals surface area contributed by atoms with E-state index in [0.717, 1.165) is 41.5 Å². The van der Waals surface area contributed by atoms with Crippen molar-refractivity contribution in [3.63, 3.8) is 0 Å².